The van der Waals surface area contributed by atoms with Gasteiger partial charge in [-0.2, -0.15) is 4.31 Å². The molecule has 0 aromatic heterocycles. The molecule has 0 unspecified atom stereocenters. The molecule has 32 heavy (non-hydrogen) atoms. The summed E-state index contributed by atoms with van der Waals surface area (Å²) in [4.78, 5) is 12.7. The number of carbonyl (C=O) groups is 1. The van der Waals surface area contributed by atoms with Crippen molar-refractivity contribution in [3.8, 4) is 0 Å². The molecule has 0 aliphatic carbocycles. The molecular formula is C23H28Cl2N2O4S. The third kappa shape index (κ3) is 6.02. The van der Waals surface area contributed by atoms with E-state index >= 15 is 0 Å². The highest BCUT2D eigenvalue weighted by Crippen LogP contribution is 2.35. The van der Waals surface area contributed by atoms with E-state index in [0.29, 0.717) is 55.7 Å². The summed E-state index contributed by atoms with van der Waals surface area (Å²) in [5.41, 5.74) is 1.27. The normalized spacial score (nSPS) is 15.5. The van der Waals surface area contributed by atoms with E-state index in [9.17, 15) is 13.2 Å². The van der Waals surface area contributed by atoms with Crippen LogP contribution < -0.4 is 5.32 Å². The van der Waals surface area contributed by atoms with E-state index in [1.807, 2.05) is 13.8 Å². The van der Waals surface area contributed by atoms with Crippen molar-refractivity contribution in [2.75, 3.05) is 32.8 Å². The average Bonchev–Trinajstić information content (AvgIpc) is 2.77. The number of aryl methyl sites for hydroxylation is 1. The summed E-state index contributed by atoms with van der Waals surface area (Å²) >= 11 is 12.6. The zero-order chi connectivity index (χ0) is 23.4. The van der Waals surface area contributed by atoms with E-state index < -0.39 is 15.4 Å². The molecule has 0 saturated carbocycles. The lowest BCUT2D eigenvalue weighted by molar-refractivity contribution is -0.121. The molecule has 3 rings (SSSR count). The van der Waals surface area contributed by atoms with Crippen molar-refractivity contribution in [1.29, 1.82) is 0 Å². The second-order valence-corrected chi connectivity index (χ2v) is 11.2. The number of hydrogen-bond donors (Lipinski definition) is 1. The summed E-state index contributed by atoms with van der Waals surface area (Å²) < 4.78 is 32.1. The van der Waals surface area contributed by atoms with E-state index in [-0.39, 0.29) is 10.8 Å². The molecule has 0 spiro atoms. The van der Waals surface area contributed by atoms with Crippen molar-refractivity contribution in [2.24, 2.45) is 0 Å². The number of nitrogens with zero attached hydrogens (tertiary/aromatic N) is 1. The van der Waals surface area contributed by atoms with E-state index in [1.165, 1.54) is 4.31 Å². The number of carbonyl (C=O) groups excluding carboxylic acids is 1. The monoisotopic (exact) mass is 498 g/mol. The summed E-state index contributed by atoms with van der Waals surface area (Å²) in [5.74, 6) is -0.0914. The maximum Gasteiger partial charge on any atom is 0.243 e. The van der Waals surface area contributed by atoms with Gasteiger partial charge in [-0.1, -0.05) is 55.2 Å². The van der Waals surface area contributed by atoms with Crippen molar-refractivity contribution < 1.29 is 17.9 Å². The highest BCUT2D eigenvalue weighted by molar-refractivity contribution is 7.89. The van der Waals surface area contributed by atoms with Gasteiger partial charge in [0.05, 0.1) is 18.1 Å². The van der Waals surface area contributed by atoms with Crippen molar-refractivity contribution in [3.05, 3.63) is 63.6 Å². The van der Waals surface area contributed by atoms with E-state index in [1.54, 1.807) is 42.5 Å². The highest BCUT2D eigenvalue weighted by Gasteiger charge is 2.27. The van der Waals surface area contributed by atoms with Crippen LogP contribution in [0.3, 0.4) is 0 Å². The summed E-state index contributed by atoms with van der Waals surface area (Å²) in [5, 5.41) is 4.10. The fourth-order valence-electron chi connectivity index (χ4n) is 3.66. The van der Waals surface area contributed by atoms with Crippen LogP contribution in [0.1, 0.15) is 31.4 Å². The lowest BCUT2D eigenvalue weighted by Gasteiger charge is -2.27. The molecule has 1 heterocycles. The maximum atomic E-state index is 12.7. The van der Waals surface area contributed by atoms with Crippen molar-refractivity contribution >= 4 is 39.1 Å². The Labute approximate surface area is 199 Å². The maximum absolute atomic E-state index is 12.7. The molecule has 0 radical (unpaired) electrons. The third-order valence-electron chi connectivity index (χ3n) is 5.54. The van der Waals surface area contributed by atoms with Crippen LogP contribution in [0.5, 0.6) is 0 Å². The van der Waals surface area contributed by atoms with Gasteiger partial charge in [-0.3, -0.25) is 4.79 Å². The summed E-state index contributed by atoms with van der Waals surface area (Å²) in [6.45, 7) is 5.89. The molecular weight excluding hydrogens is 471 g/mol. The minimum atomic E-state index is -3.52. The predicted octanol–water partition coefficient (Wildman–Crippen LogP) is 4.04. The van der Waals surface area contributed by atoms with Crippen LogP contribution in [0.2, 0.25) is 10.0 Å². The Hall–Kier alpha value is -1.64. The molecule has 0 atom stereocenters. The Morgan fingerprint density at radius 2 is 1.66 bits per heavy atom. The Kier molecular flexibility index (Phi) is 8.22. The highest BCUT2D eigenvalue weighted by atomic mass is 35.5. The number of rotatable bonds is 8. The SMILES string of the molecule is CC(C)(CNC(=O)CCc1ccc(S(=O)(=O)N2CCOCC2)cc1)c1c(Cl)cccc1Cl. The number of morpholine rings is 1. The quantitative estimate of drug-likeness (QED) is 0.595. The Morgan fingerprint density at radius 1 is 1.06 bits per heavy atom. The Bertz CT molecular complexity index is 1030. The number of ether oxygens (including phenoxy) is 1. The van der Waals surface area contributed by atoms with Gasteiger partial charge in [0.1, 0.15) is 0 Å². The van der Waals surface area contributed by atoms with Gasteiger partial charge in [0.15, 0.2) is 0 Å². The number of nitrogens with one attached hydrogen (secondary N) is 1. The minimum absolute atomic E-state index is 0.0914. The van der Waals surface area contributed by atoms with Gasteiger partial charge in [0.2, 0.25) is 15.9 Å². The number of hydrogen-bond acceptors (Lipinski definition) is 4. The second-order valence-electron chi connectivity index (χ2n) is 8.42. The lowest BCUT2D eigenvalue weighted by Crippen LogP contribution is -2.40. The van der Waals surface area contributed by atoms with E-state index in [4.69, 9.17) is 27.9 Å². The van der Waals surface area contributed by atoms with Crippen molar-refractivity contribution in [2.45, 2.75) is 37.0 Å². The molecule has 1 N–H and O–H groups in total. The number of halogens is 2. The molecule has 0 bridgehead atoms. The summed E-state index contributed by atoms with van der Waals surface area (Å²) in [6, 6.07) is 12.1. The minimum Gasteiger partial charge on any atom is -0.379 e. The van der Waals surface area contributed by atoms with Crippen molar-refractivity contribution in [3.63, 3.8) is 0 Å². The van der Waals surface area contributed by atoms with Crippen LogP contribution in [-0.2, 0) is 31.4 Å². The first-order valence-electron chi connectivity index (χ1n) is 10.5. The smallest absolute Gasteiger partial charge is 0.243 e. The molecule has 1 aliphatic heterocycles. The zero-order valence-corrected chi connectivity index (χ0v) is 20.6. The van der Waals surface area contributed by atoms with Crippen LogP contribution >= 0.6 is 23.2 Å². The second kappa shape index (κ2) is 10.5. The van der Waals surface area contributed by atoms with Crippen molar-refractivity contribution in [1.82, 2.24) is 9.62 Å². The van der Waals surface area contributed by atoms with Gasteiger partial charge in [0, 0.05) is 41.5 Å². The first-order chi connectivity index (χ1) is 15.1. The summed E-state index contributed by atoms with van der Waals surface area (Å²) in [6.07, 6.45) is 0.804. The third-order valence-corrected chi connectivity index (χ3v) is 8.08. The van der Waals surface area contributed by atoms with Crippen LogP contribution in [-0.4, -0.2) is 51.5 Å². The molecule has 6 nitrogen and oxygen atoms in total. The van der Waals surface area contributed by atoms with E-state index in [0.717, 1.165) is 11.1 Å². The first kappa shape index (κ1) is 25.0. The molecule has 2 aromatic carbocycles. The van der Waals surface area contributed by atoms with Gasteiger partial charge >= 0.3 is 0 Å². The molecule has 1 saturated heterocycles. The van der Waals surface area contributed by atoms with Gasteiger partial charge in [-0.25, -0.2) is 8.42 Å². The standard InChI is InChI=1S/C23H28Cl2N2O4S/c1-23(2,22-19(24)4-3-5-20(22)25)16-26-21(28)11-8-17-6-9-18(10-7-17)32(29,30)27-12-14-31-15-13-27/h3-7,9-10H,8,11-16H2,1-2H3,(H,26,28). The van der Waals surface area contributed by atoms with Gasteiger partial charge in [-0.15, -0.1) is 0 Å². The summed E-state index contributed by atoms with van der Waals surface area (Å²) in [7, 11) is -3.52. The topological polar surface area (TPSA) is 75.7 Å². The lowest BCUT2D eigenvalue weighted by atomic mass is 9.84. The molecule has 1 fully saturated rings. The first-order valence-corrected chi connectivity index (χ1v) is 12.7. The number of amides is 1. The molecule has 9 heteroatoms. The Balaban J connectivity index is 1.54. The zero-order valence-electron chi connectivity index (χ0n) is 18.2. The van der Waals surface area contributed by atoms with Crippen LogP contribution in [0, 0.1) is 0 Å². The Morgan fingerprint density at radius 3 is 2.25 bits per heavy atom. The van der Waals surface area contributed by atoms with Gasteiger partial charge < -0.3 is 10.1 Å². The van der Waals surface area contributed by atoms with Gasteiger partial charge in [-0.05, 0) is 41.8 Å². The average molecular weight is 499 g/mol. The molecule has 1 aliphatic rings. The molecule has 2 aromatic rings. The van der Waals surface area contributed by atoms with Crippen LogP contribution in [0.25, 0.3) is 0 Å². The molecule has 1 amide bonds. The van der Waals surface area contributed by atoms with Gasteiger partial charge in [0.25, 0.3) is 0 Å². The largest absolute Gasteiger partial charge is 0.379 e. The predicted molar refractivity (Wildman–Crippen MR) is 127 cm³/mol. The van der Waals surface area contributed by atoms with E-state index in [2.05, 4.69) is 5.32 Å². The van der Waals surface area contributed by atoms with Crippen LogP contribution in [0.15, 0.2) is 47.4 Å². The van der Waals surface area contributed by atoms with Crippen LogP contribution in [0.4, 0.5) is 0 Å². The number of sulfonamides is 1. The fourth-order valence-corrected chi connectivity index (χ4v) is 5.98. The number of benzene rings is 2. The molecule has 174 valence electrons. The fraction of sp³-hybridized carbons (Fsp3) is 0.435.